The highest BCUT2D eigenvalue weighted by atomic mass is 32.2. The Kier molecular flexibility index (Phi) is 1.85. The van der Waals surface area contributed by atoms with Crippen LogP contribution in [-0.4, -0.2) is 10.8 Å². The number of hydrogen-bond acceptors (Lipinski definition) is 1. The first-order valence-corrected chi connectivity index (χ1v) is 5.13. The third-order valence-electron chi connectivity index (χ3n) is 2.09. The molecule has 0 saturated carbocycles. The third-order valence-corrected chi connectivity index (χ3v) is 2.82. The number of rotatable bonds is 1. The van der Waals surface area contributed by atoms with Gasteiger partial charge in [0.2, 0.25) is 0 Å². The van der Waals surface area contributed by atoms with Gasteiger partial charge in [-0.1, -0.05) is 0 Å². The fourth-order valence-electron chi connectivity index (χ4n) is 1.39. The van der Waals surface area contributed by atoms with Crippen molar-refractivity contribution in [3.8, 4) is 0 Å². The van der Waals surface area contributed by atoms with Crippen LogP contribution in [0, 0.1) is 0 Å². The Morgan fingerprint density at radius 2 is 2.08 bits per heavy atom. The van der Waals surface area contributed by atoms with Gasteiger partial charge in [0.1, 0.15) is 0 Å². The van der Waals surface area contributed by atoms with E-state index in [1.54, 1.807) is 11.8 Å². The average Bonchev–Trinajstić information content (AvgIpc) is 2.47. The van der Waals surface area contributed by atoms with Gasteiger partial charge in [0.25, 0.3) is 0 Å². The Hall–Kier alpha value is -0.890. The summed E-state index contributed by atoms with van der Waals surface area (Å²) in [6.07, 6.45) is 4.19. The van der Waals surface area contributed by atoms with Crippen molar-refractivity contribution in [3.63, 3.8) is 0 Å². The van der Waals surface area contributed by atoms with E-state index in [4.69, 9.17) is 0 Å². The van der Waals surface area contributed by atoms with Crippen molar-refractivity contribution in [2.24, 2.45) is 7.05 Å². The van der Waals surface area contributed by atoms with Crippen LogP contribution in [0.3, 0.4) is 0 Å². The molecule has 0 saturated heterocycles. The van der Waals surface area contributed by atoms with E-state index in [1.807, 2.05) is 0 Å². The van der Waals surface area contributed by atoms with Gasteiger partial charge in [-0.05, 0) is 30.5 Å². The molecule has 0 fully saturated rings. The molecule has 1 nitrogen and oxygen atoms in total. The van der Waals surface area contributed by atoms with Gasteiger partial charge in [-0.25, -0.2) is 0 Å². The van der Waals surface area contributed by atoms with Gasteiger partial charge in [-0.3, -0.25) is 0 Å². The minimum atomic E-state index is 1.30. The summed E-state index contributed by atoms with van der Waals surface area (Å²) in [4.78, 5) is 1.33. The Bertz CT molecular complexity index is 403. The zero-order valence-electron chi connectivity index (χ0n) is 7.24. The lowest BCUT2D eigenvalue weighted by molar-refractivity contribution is 0.969. The van der Waals surface area contributed by atoms with E-state index in [-0.39, 0.29) is 0 Å². The molecule has 0 spiro atoms. The molecule has 0 aliphatic heterocycles. The number of nitrogens with zero attached hydrogens (tertiary/aromatic N) is 1. The molecule has 0 radical (unpaired) electrons. The highest BCUT2D eigenvalue weighted by Gasteiger charge is 1.97. The summed E-state index contributed by atoms with van der Waals surface area (Å²) in [5.74, 6) is 0. The number of thioether (sulfide) groups is 1. The smallest absolute Gasteiger partial charge is 0.0478 e. The molecule has 12 heavy (non-hydrogen) atoms. The summed E-state index contributed by atoms with van der Waals surface area (Å²) in [6.45, 7) is 0. The predicted molar refractivity (Wildman–Crippen MR) is 54.7 cm³/mol. The van der Waals surface area contributed by atoms with Crippen LogP contribution in [-0.2, 0) is 7.05 Å². The fourth-order valence-corrected chi connectivity index (χ4v) is 1.84. The van der Waals surface area contributed by atoms with Crippen molar-refractivity contribution in [2.45, 2.75) is 4.90 Å². The lowest BCUT2D eigenvalue weighted by Gasteiger charge is -1.98. The second-order valence-electron chi connectivity index (χ2n) is 2.85. The van der Waals surface area contributed by atoms with Crippen molar-refractivity contribution < 1.29 is 0 Å². The number of aryl methyl sites for hydroxylation is 1. The van der Waals surface area contributed by atoms with E-state index >= 15 is 0 Å². The van der Waals surface area contributed by atoms with Crippen molar-refractivity contribution >= 4 is 22.7 Å². The number of fused-ring (bicyclic) bond motifs is 1. The molecule has 0 atom stereocenters. The molecule has 2 aromatic rings. The van der Waals surface area contributed by atoms with Gasteiger partial charge in [-0.2, -0.15) is 0 Å². The summed E-state index contributed by atoms with van der Waals surface area (Å²) in [5.41, 5.74) is 1.30. The van der Waals surface area contributed by atoms with Crippen molar-refractivity contribution in [2.75, 3.05) is 6.26 Å². The van der Waals surface area contributed by atoms with Crippen LogP contribution in [0.25, 0.3) is 10.9 Å². The molecular weight excluding hydrogens is 166 g/mol. The summed E-state index contributed by atoms with van der Waals surface area (Å²) in [7, 11) is 2.07. The number of hydrogen-bond donors (Lipinski definition) is 0. The molecule has 2 heteroatoms. The highest BCUT2D eigenvalue weighted by molar-refractivity contribution is 7.98. The SMILES string of the molecule is CSc1ccc2c(ccn2C)c1. The lowest BCUT2D eigenvalue weighted by Crippen LogP contribution is -1.82. The number of aromatic nitrogens is 1. The van der Waals surface area contributed by atoms with E-state index in [0.717, 1.165) is 0 Å². The van der Waals surface area contributed by atoms with Crippen LogP contribution in [0.5, 0.6) is 0 Å². The minimum absolute atomic E-state index is 1.30. The Labute approximate surface area is 76.4 Å². The van der Waals surface area contributed by atoms with Gasteiger partial charge >= 0.3 is 0 Å². The quantitative estimate of drug-likeness (QED) is 0.606. The van der Waals surface area contributed by atoms with Crippen molar-refractivity contribution in [1.82, 2.24) is 4.57 Å². The maximum Gasteiger partial charge on any atom is 0.0478 e. The molecule has 1 aromatic carbocycles. The first-order valence-electron chi connectivity index (χ1n) is 3.90. The summed E-state index contributed by atoms with van der Waals surface area (Å²) >= 11 is 1.78. The monoisotopic (exact) mass is 177 g/mol. The average molecular weight is 177 g/mol. The summed E-state index contributed by atoms with van der Waals surface area (Å²) < 4.78 is 2.14. The van der Waals surface area contributed by atoms with E-state index < -0.39 is 0 Å². The topological polar surface area (TPSA) is 4.93 Å². The van der Waals surface area contributed by atoms with E-state index in [2.05, 4.69) is 48.3 Å². The van der Waals surface area contributed by atoms with Crippen LogP contribution in [0.4, 0.5) is 0 Å². The molecule has 1 aromatic heterocycles. The van der Waals surface area contributed by atoms with Gasteiger partial charge in [-0.15, -0.1) is 11.8 Å². The van der Waals surface area contributed by atoms with Crippen LogP contribution in [0.2, 0.25) is 0 Å². The highest BCUT2D eigenvalue weighted by Crippen LogP contribution is 2.21. The second kappa shape index (κ2) is 2.87. The van der Waals surface area contributed by atoms with Crippen molar-refractivity contribution in [1.29, 1.82) is 0 Å². The Balaban J connectivity index is 2.69. The lowest BCUT2D eigenvalue weighted by atomic mass is 10.2. The molecule has 0 bridgehead atoms. The molecule has 0 amide bonds. The molecule has 62 valence electrons. The molecule has 0 N–H and O–H groups in total. The van der Waals surface area contributed by atoms with E-state index in [0.29, 0.717) is 0 Å². The van der Waals surface area contributed by atoms with E-state index in [9.17, 15) is 0 Å². The number of benzene rings is 1. The molecule has 1 heterocycles. The second-order valence-corrected chi connectivity index (χ2v) is 3.73. The van der Waals surface area contributed by atoms with Crippen LogP contribution < -0.4 is 0 Å². The zero-order valence-corrected chi connectivity index (χ0v) is 8.06. The third kappa shape index (κ3) is 1.12. The maximum atomic E-state index is 2.22. The standard InChI is InChI=1S/C10H11NS/c1-11-6-5-8-7-9(12-2)3-4-10(8)11/h3-7H,1-2H3. The summed E-state index contributed by atoms with van der Waals surface area (Å²) in [6, 6.07) is 8.70. The van der Waals surface area contributed by atoms with Gasteiger partial charge in [0.15, 0.2) is 0 Å². The maximum absolute atomic E-state index is 2.22. The molecule has 0 unspecified atom stereocenters. The zero-order chi connectivity index (χ0) is 8.55. The Morgan fingerprint density at radius 1 is 1.25 bits per heavy atom. The molecular formula is C10H11NS. The first-order chi connectivity index (χ1) is 5.81. The van der Waals surface area contributed by atoms with Gasteiger partial charge in [0.05, 0.1) is 0 Å². The molecule has 0 aliphatic rings. The first kappa shape index (κ1) is 7.74. The van der Waals surface area contributed by atoms with E-state index in [1.165, 1.54) is 15.8 Å². The fraction of sp³-hybridized carbons (Fsp3) is 0.200. The van der Waals surface area contributed by atoms with Crippen LogP contribution in [0.15, 0.2) is 35.4 Å². The largest absolute Gasteiger partial charge is 0.351 e. The Morgan fingerprint density at radius 3 is 2.83 bits per heavy atom. The van der Waals surface area contributed by atoms with Gasteiger partial charge < -0.3 is 4.57 Å². The van der Waals surface area contributed by atoms with Crippen molar-refractivity contribution in [3.05, 3.63) is 30.5 Å². The normalized spacial score (nSPS) is 10.8. The summed E-state index contributed by atoms with van der Waals surface area (Å²) in [5, 5.41) is 1.32. The minimum Gasteiger partial charge on any atom is -0.351 e. The predicted octanol–water partition coefficient (Wildman–Crippen LogP) is 2.90. The van der Waals surface area contributed by atoms with Crippen LogP contribution >= 0.6 is 11.8 Å². The molecule has 0 aliphatic carbocycles. The molecule has 2 rings (SSSR count). The van der Waals surface area contributed by atoms with Crippen LogP contribution in [0.1, 0.15) is 0 Å². The van der Waals surface area contributed by atoms with Gasteiger partial charge in [0, 0.05) is 29.0 Å².